The van der Waals surface area contributed by atoms with E-state index in [0.29, 0.717) is 11.4 Å². The molecule has 0 fully saturated rings. The Bertz CT molecular complexity index is 917. The number of fused-ring (bicyclic) bond motifs is 1. The van der Waals surface area contributed by atoms with Crippen molar-refractivity contribution < 1.29 is 37.3 Å². The summed E-state index contributed by atoms with van der Waals surface area (Å²) in [6, 6.07) is 8.74. The van der Waals surface area contributed by atoms with Crippen LogP contribution in [0.1, 0.15) is 15.9 Å². The van der Waals surface area contributed by atoms with E-state index in [0.717, 1.165) is 12.1 Å². The Labute approximate surface area is 163 Å². The zero-order chi connectivity index (χ0) is 21.0. The fourth-order valence-corrected chi connectivity index (χ4v) is 2.54. The Balaban J connectivity index is 1.50. The molecule has 1 unspecified atom stereocenters. The first-order valence-corrected chi connectivity index (χ1v) is 8.55. The van der Waals surface area contributed by atoms with Crippen LogP contribution in [0.3, 0.4) is 0 Å². The van der Waals surface area contributed by atoms with Crippen molar-refractivity contribution in [2.45, 2.75) is 12.3 Å². The molecule has 1 aliphatic heterocycles. The fraction of sp³-hybridized carbons (Fsp3) is 0.263. The smallest absolute Gasteiger partial charge is 0.416 e. The van der Waals surface area contributed by atoms with Crippen molar-refractivity contribution in [3.05, 3.63) is 53.6 Å². The highest BCUT2D eigenvalue weighted by atomic mass is 19.4. The molecule has 0 spiro atoms. The second-order valence-electron chi connectivity index (χ2n) is 6.25. The normalized spacial score (nSPS) is 14.3. The molecule has 2 aromatic rings. The number of aliphatic hydroxyl groups is 1. The minimum Gasteiger partial charge on any atom is -0.491 e. The zero-order valence-corrected chi connectivity index (χ0v) is 15.0. The third-order valence-corrected chi connectivity index (χ3v) is 3.98. The largest absolute Gasteiger partial charge is 0.491 e. The van der Waals surface area contributed by atoms with Crippen LogP contribution in [-0.4, -0.2) is 42.8 Å². The average Bonchev–Trinajstić information content (AvgIpc) is 2.69. The number of carbonyl (C=O) groups is 2. The Morgan fingerprint density at radius 2 is 2.07 bits per heavy atom. The van der Waals surface area contributed by atoms with Crippen LogP contribution in [-0.2, 0) is 11.0 Å². The Kier molecular flexibility index (Phi) is 5.92. The summed E-state index contributed by atoms with van der Waals surface area (Å²) in [5.74, 6) is -0.477. The van der Waals surface area contributed by atoms with E-state index < -0.39 is 23.8 Å². The summed E-state index contributed by atoms with van der Waals surface area (Å²) in [7, 11) is 0. The lowest BCUT2D eigenvalue weighted by Crippen LogP contribution is -2.35. The van der Waals surface area contributed by atoms with Gasteiger partial charge >= 0.3 is 6.18 Å². The molecular formula is C19H17F3N2O5. The number of hydrogen-bond donors (Lipinski definition) is 3. The molecule has 1 aliphatic rings. The molecule has 0 saturated carbocycles. The van der Waals surface area contributed by atoms with Crippen molar-refractivity contribution in [2.24, 2.45) is 0 Å². The Morgan fingerprint density at radius 1 is 1.28 bits per heavy atom. The van der Waals surface area contributed by atoms with E-state index in [4.69, 9.17) is 9.47 Å². The van der Waals surface area contributed by atoms with Gasteiger partial charge in [0.25, 0.3) is 11.8 Å². The van der Waals surface area contributed by atoms with Crippen molar-refractivity contribution in [1.82, 2.24) is 5.32 Å². The molecule has 0 bridgehead atoms. The van der Waals surface area contributed by atoms with E-state index in [9.17, 15) is 27.9 Å². The molecule has 29 heavy (non-hydrogen) atoms. The van der Waals surface area contributed by atoms with Gasteiger partial charge in [-0.1, -0.05) is 6.07 Å². The molecule has 0 saturated heterocycles. The van der Waals surface area contributed by atoms with Gasteiger partial charge in [-0.05, 0) is 36.4 Å². The van der Waals surface area contributed by atoms with E-state index in [-0.39, 0.29) is 37.0 Å². The summed E-state index contributed by atoms with van der Waals surface area (Å²) in [6.07, 6.45) is -5.63. The fourth-order valence-electron chi connectivity index (χ4n) is 2.54. The Morgan fingerprint density at radius 3 is 2.83 bits per heavy atom. The number of aliphatic hydroxyl groups excluding tert-OH is 1. The monoisotopic (exact) mass is 410 g/mol. The van der Waals surface area contributed by atoms with Gasteiger partial charge in [0.15, 0.2) is 6.61 Å². The summed E-state index contributed by atoms with van der Waals surface area (Å²) in [5, 5.41) is 15.0. The number of benzene rings is 2. The van der Waals surface area contributed by atoms with Gasteiger partial charge in [-0.25, -0.2) is 0 Å². The number of nitrogens with one attached hydrogen (secondary N) is 2. The molecule has 1 atom stereocenters. The highest BCUT2D eigenvalue weighted by molar-refractivity contribution is 5.98. The number of halogens is 3. The van der Waals surface area contributed by atoms with E-state index in [1.54, 1.807) is 0 Å². The number of ether oxygens (including phenoxy) is 2. The lowest BCUT2D eigenvalue weighted by Gasteiger charge is -2.18. The first-order chi connectivity index (χ1) is 13.7. The van der Waals surface area contributed by atoms with Gasteiger partial charge in [0, 0.05) is 12.1 Å². The van der Waals surface area contributed by atoms with Gasteiger partial charge in [0.05, 0.1) is 11.3 Å². The summed E-state index contributed by atoms with van der Waals surface area (Å²) in [6.45, 7) is -0.628. The molecule has 7 nitrogen and oxygen atoms in total. The predicted octanol–water partition coefficient (Wildman–Crippen LogP) is 2.21. The summed E-state index contributed by atoms with van der Waals surface area (Å²) in [4.78, 5) is 23.4. The lowest BCUT2D eigenvalue weighted by atomic mass is 10.1. The molecule has 0 aliphatic carbocycles. The summed E-state index contributed by atoms with van der Waals surface area (Å²) >= 11 is 0. The van der Waals surface area contributed by atoms with Crippen molar-refractivity contribution in [3.63, 3.8) is 0 Å². The van der Waals surface area contributed by atoms with Crippen LogP contribution < -0.4 is 20.1 Å². The van der Waals surface area contributed by atoms with Gasteiger partial charge in [-0.3, -0.25) is 9.59 Å². The van der Waals surface area contributed by atoms with Gasteiger partial charge in [0.1, 0.15) is 24.2 Å². The van der Waals surface area contributed by atoms with Crippen molar-refractivity contribution in [3.8, 4) is 11.5 Å². The number of hydrogen-bond acceptors (Lipinski definition) is 5. The molecule has 0 radical (unpaired) electrons. The van der Waals surface area contributed by atoms with E-state index in [1.165, 1.54) is 30.3 Å². The van der Waals surface area contributed by atoms with Gasteiger partial charge in [-0.2, -0.15) is 13.2 Å². The molecule has 10 heteroatoms. The van der Waals surface area contributed by atoms with Crippen molar-refractivity contribution in [2.75, 3.05) is 25.1 Å². The molecule has 2 aromatic carbocycles. The standard InChI is InChI=1S/C19H17F3N2O5/c20-19(21,22)12-2-1-3-14(7-12)28-9-13(25)8-23-18(27)11-4-5-15-16(6-11)29-10-17(26)24-15/h1-7,13,25H,8-10H2,(H,23,27)(H,24,26). The maximum atomic E-state index is 12.7. The SMILES string of the molecule is O=C1COc2cc(C(=O)NCC(O)COc3cccc(C(F)(F)F)c3)ccc2N1. The molecule has 2 amide bonds. The van der Waals surface area contributed by atoms with Gasteiger partial charge in [0.2, 0.25) is 0 Å². The third kappa shape index (κ3) is 5.38. The highest BCUT2D eigenvalue weighted by Crippen LogP contribution is 2.31. The first kappa shape index (κ1) is 20.5. The number of alkyl halides is 3. The van der Waals surface area contributed by atoms with Crippen molar-refractivity contribution >= 4 is 17.5 Å². The van der Waals surface area contributed by atoms with Gasteiger partial charge < -0.3 is 25.2 Å². The van der Waals surface area contributed by atoms with Crippen LogP contribution in [0.25, 0.3) is 0 Å². The van der Waals surface area contributed by atoms with Crippen molar-refractivity contribution in [1.29, 1.82) is 0 Å². The quantitative estimate of drug-likeness (QED) is 0.679. The van der Waals surface area contributed by atoms with Gasteiger partial charge in [-0.15, -0.1) is 0 Å². The Hall–Kier alpha value is -3.27. The number of rotatable bonds is 6. The second-order valence-corrected chi connectivity index (χ2v) is 6.25. The minimum atomic E-state index is -4.49. The topological polar surface area (TPSA) is 96.9 Å². The highest BCUT2D eigenvalue weighted by Gasteiger charge is 2.30. The van der Waals surface area contributed by atoms with E-state index >= 15 is 0 Å². The van der Waals surface area contributed by atoms with Crippen LogP contribution in [0.5, 0.6) is 11.5 Å². The molecule has 0 aromatic heterocycles. The lowest BCUT2D eigenvalue weighted by molar-refractivity contribution is -0.137. The molecular weight excluding hydrogens is 393 g/mol. The van der Waals surface area contributed by atoms with E-state index in [1.807, 2.05) is 0 Å². The average molecular weight is 410 g/mol. The second kappa shape index (κ2) is 8.39. The predicted molar refractivity (Wildman–Crippen MR) is 95.8 cm³/mol. The molecule has 3 rings (SSSR count). The summed E-state index contributed by atoms with van der Waals surface area (Å²) in [5.41, 5.74) is -0.151. The molecule has 1 heterocycles. The molecule has 3 N–H and O–H groups in total. The van der Waals surface area contributed by atoms with Crippen LogP contribution in [0, 0.1) is 0 Å². The van der Waals surface area contributed by atoms with Crippen LogP contribution >= 0.6 is 0 Å². The minimum absolute atomic E-state index is 0.0425. The maximum Gasteiger partial charge on any atom is 0.416 e. The first-order valence-electron chi connectivity index (χ1n) is 8.55. The van der Waals surface area contributed by atoms with Crippen LogP contribution in [0.15, 0.2) is 42.5 Å². The third-order valence-electron chi connectivity index (χ3n) is 3.98. The summed E-state index contributed by atoms with van der Waals surface area (Å²) < 4.78 is 48.4. The van der Waals surface area contributed by atoms with E-state index in [2.05, 4.69) is 10.6 Å². The van der Waals surface area contributed by atoms with Crippen LogP contribution in [0.2, 0.25) is 0 Å². The maximum absolute atomic E-state index is 12.7. The number of carbonyl (C=O) groups excluding carboxylic acids is 2. The molecule has 154 valence electrons. The zero-order valence-electron chi connectivity index (χ0n) is 15.0. The number of anilines is 1. The van der Waals surface area contributed by atoms with Crippen LogP contribution in [0.4, 0.5) is 18.9 Å². The number of amides is 2.